The van der Waals surface area contributed by atoms with Gasteiger partial charge in [-0.05, 0) is 75.8 Å². The number of aromatic nitrogens is 2. The van der Waals surface area contributed by atoms with Gasteiger partial charge in [0.1, 0.15) is 17.6 Å². The third-order valence-corrected chi connectivity index (χ3v) is 8.20. The quantitative estimate of drug-likeness (QED) is 0.252. The lowest BCUT2D eigenvalue weighted by Crippen LogP contribution is -2.46. The molecule has 9 nitrogen and oxygen atoms in total. The Morgan fingerprint density at radius 2 is 1.91 bits per heavy atom. The first-order valence-corrected chi connectivity index (χ1v) is 15.2. The van der Waals surface area contributed by atoms with Crippen LogP contribution in [0.5, 0.6) is 6.01 Å². The lowest BCUT2D eigenvalue weighted by atomic mass is 9.80. The van der Waals surface area contributed by atoms with Crippen molar-refractivity contribution in [2.45, 2.75) is 83.3 Å². The van der Waals surface area contributed by atoms with E-state index in [1.54, 1.807) is 20.8 Å². The molecule has 0 spiro atoms. The molecular weight excluding hydrogens is 561 g/mol. The Hall–Kier alpha value is -4.05. The van der Waals surface area contributed by atoms with E-state index in [4.69, 9.17) is 19.6 Å². The van der Waals surface area contributed by atoms with E-state index >= 15 is 4.39 Å². The molecule has 1 amide bonds. The maximum atomic E-state index is 15.6. The molecule has 1 saturated heterocycles. The molecule has 44 heavy (non-hydrogen) atoms. The fourth-order valence-electron chi connectivity index (χ4n) is 5.80. The predicted octanol–water partition coefficient (Wildman–Crippen LogP) is 7.06. The van der Waals surface area contributed by atoms with Crippen LogP contribution in [-0.4, -0.2) is 65.3 Å². The molecule has 1 aromatic heterocycles. The molecule has 2 aromatic carbocycles. The van der Waals surface area contributed by atoms with Crippen LogP contribution in [0.2, 0.25) is 0 Å². The first kappa shape index (κ1) is 31.4. The van der Waals surface area contributed by atoms with Gasteiger partial charge in [-0.3, -0.25) is 0 Å². The lowest BCUT2D eigenvalue weighted by Gasteiger charge is -2.36. The van der Waals surface area contributed by atoms with Gasteiger partial charge in [0.15, 0.2) is 0 Å². The first-order valence-electron chi connectivity index (χ1n) is 15.2. The van der Waals surface area contributed by atoms with Crippen molar-refractivity contribution in [3.63, 3.8) is 0 Å². The van der Waals surface area contributed by atoms with Gasteiger partial charge in [-0.25, -0.2) is 9.18 Å². The van der Waals surface area contributed by atoms with Gasteiger partial charge in [0, 0.05) is 41.9 Å². The minimum atomic E-state index is -1.25. The van der Waals surface area contributed by atoms with Crippen molar-refractivity contribution in [3.05, 3.63) is 76.5 Å². The number of piperidine rings is 1. The van der Waals surface area contributed by atoms with Crippen LogP contribution >= 0.6 is 0 Å². The Bertz CT molecular complexity index is 1470. The monoisotopic (exact) mass is 603 g/mol. The molecular formula is C34H42FN5O4. The third-order valence-electron chi connectivity index (χ3n) is 8.20. The van der Waals surface area contributed by atoms with E-state index in [0.717, 1.165) is 35.2 Å². The van der Waals surface area contributed by atoms with Crippen molar-refractivity contribution in [2.75, 3.05) is 25.5 Å². The van der Waals surface area contributed by atoms with Crippen LogP contribution in [0.15, 0.2) is 48.5 Å². The number of carbonyl (C=O) groups is 1. The van der Waals surface area contributed by atoms with Gasteiger partial charge in [0.25, 0.3) is 0 Å². The highest BCUT2D eigenvalue weighted by Gasteiger charge is 2.36. The maximum absolute atomic E-state index is 15.6. The first-order chi connectivity index (χ1) is 21.0. The van der Waals surface area contributed by atoms with E-state index in [0.29, 0.717) is 36.6 Å². The summed E-state index contributed by atoms with van der Waals surface area (Å²) in [7, 11) is 1.54. The van der Waals surface area contributed by atoms with Gasteiger partial charge < -0.3 is 29.8 Å². The molecule has 1 saturated carbocycles. The molecule has 3 aromatic rings. The average Bonchev–Trinajstić information content (AvgIpc) is 2.96. The number of amides is 1. The highest BCUT2D eigenvalue weighted by molar-refractivity contribution is 5.88. The number of hydrogen-bond donors (Lipinski definition) is 2. The normalized spacial score (nSPS) is 21.7. The molecule has 2 aliphatic rings. The van der Waals surface area contributed by atoms with Crippen LogP contribution in [0.25, 0.3) is 0 Å². The molecule has 1 aliphatic carbocycles. The highest BCUT2D eigenvalue weighted by atomic mass is 19.1. The van der Waals surface area contributed by atoms with Crippen LogP contribution in [0.1, 0.15) is 79.8 Å². The fourth-order valence-corrected chi connectivity index (χ4v) is 5.80. The number of rotatable bonds is 9. The molecule has 0 radical (unpaired) electrons. The minimum Gasteiger partial charge on any atom is -0.467 e. The van der Waals surface area contributed by atoms with Crippen molar-refractivity contribution in [3.8, 4) is 6.01 Å². The third kappa shape index (κ3) is 7.53. The number of benzene rings is 2. The Balaban J connectivity index is 1.29. The summed E-state index contributed by atoms with van der Waals surface area (Å²) in [5, 5.41) is 11.4. The molecule has 2 fully saturated rings. The number of ether oxygens (including phenoxy) is 3. The second-order valence-electron chi connectivity index (χ2n) is 12.7. The number of halogens is 1. The van der Waals surface area contributed by atoms with E-state index in [1.807, 2.05) is 43.3 Å². The summed E-state index contributed by atoms with van der Waals surface area (Å²) >= 11 is 0. The number of carbonyl (C=O) groups excluding carboxylic acids is 1. The second-order valence-corrected chi connectivity index (χ2v) is 12.7. The number of alkyl halides is 1. The van der Waals surface area contributed by atoms with Crippen molar-refractivity contribution < 1.29 is 23.4 Å². The van der Waals surface area contributed by atoms with E-state index in [2.05, 4.69) is 27.4 Å². The summed E-state index contributed by atoms with van der Waals surface area (Å²) in [5.74, 6) is 0.355. The number of nitrogens with one attached hydrogen (secondary N) is 2. The van der Waals surface area contributed by atoms with Gasteiger partial charge >= 0.3 is 12.1 Å². The Morgan fingerprint density at radius 3 is 2.57 bits per heavy atom. The molecule has 234 valence electrons. The Labute approximate surface area is 258 Å². The smallest absolute Gasteiger partial charge is 0.410 e. The standard InChI is InChI=1S/C34H42FN5O4/c1-21-13-24(18-36)29(16-27(21)26-11-12-40(19-28(26)35)33(41)44-34(2,3)4)37-31-17-30(38-32(39-31)42-5)23-14-25(15-23)43-20-22-9-7-6-8-10-22/h6-10,13,16-18,23,25-26,28,36H,11-12,14-15,19-20H2,1-5H3,(H,37,38,39). The highest BCUT2D eigenvalue weighted by Crippen LogP contribution is 2.40. The molecule has 2 unspecified atom stereocenters. The zero-order valence-electron chi connectivity index (χ0n) is 26.1. The Kier molecular flexibility index (Phi) is 9.48. The summed E-state index contributed by atoms with van der Waals surface area (Å²) in [6.07, 6.45) is 1.86. The molecule has 5 rings (SSSR count). The maximum Gasteiger partial charge on any atom is 0.410 e. The van der Waals surface area contributed by atoms with Crippen LogP contribution in [0, 0.1) is 12.3 Å². The van der Waals surface area contributed by atoms with Gasteiger partial charge in [-0.2, -0.15) is 9.97 Å². The summed E-state index contributed by atoms with van der Waals surface area (Å²) < 4.78 is 32.6. The minimum absolute atomic E-state index is 0.0297. The predicted molar refractivity (Wildman–Crippen MR) is 168 cm³/mol. The van der Waals surface area contributed by atoms with E-state index < -0.39 is 23.8 Å². The van der Waals surface area contributed by atoms with Crippen molar-refractivity contribution in [1.29, 1.82) is 5.41 Å². The summed E-state index contributed by atoms with van der Waals surface area (Å²) in [6.45, 7) is 8.28. The molecule has 0 bridgehead atoms. The molecule has 2 heterocycles. The number of methoxy groups -OCH3 is 1. The number of nitrogens with zero attached hydrogens (tertiary/aromatic N) is 3. The molecule has 2 atom stereocenters. The topological polar surface area (TPSA) is 110 Å². The zero-order valence-corrected chi connectivity index (χ0v) is 26.1. The van der Waals surface area contributed by atoms with E-state index in [1.165, 1.54) is 18.2 Å². The summed E-state index contributed by atoms with van der Waals surface area (Å²) in [4.78, 5) is 23.1. The zero-order chi connectivity index (χ0) is 31.4. The fraction of sp³-hybridized carbons (Fsp3) is 0.471. The van der Waals surface area contributed by atoms with E-state index in [-0.39, 0.29) is 24.6 Å². The largest absolute Gasteiger partial charge is 0.467 e. The Morgan fingerprint density at radius 1 is 1.16 bits per heavy atom. The molecule has 2 N–H and O–H groups in total. The second kappa shape index (κ2) is 13.3. The SMILES string of the molecule is COc1nc(Nc2cc(C3CCN(C(=O)OC(C)(C)C)CC3F)c(C)cc2C=N)cc(C2CC(OCc3ccccc3)C2)n1. The van der Waals surface area contributed by atoms with Crippen LogP contribution in [0.3, 0.4) is 0 Å². The molecule has 1 aliphatic heterocycles. The van der Waals surface area contributed by atoms with Crippen molar-refractivity contribution >= 4 is 23.8 Å². The summed E-state index contributed by atoms with van der Waals surface area (Å²) in [6, 6.07) is 16.1. The van der Waals surface area contributed by atoms with Gasteiger partial charge in [0.05, 0.1) is 32.1 Å². The number of likely N-dealkylation sites (tertiary alicyclic amines) is 1. The van der Waals surface area contributed by atoms with Gasteiger partial charge in [-0.1, -0.05) is 30.3 Å². The van der Waals surface area contributed by atoms with Crippen LogP contribution in [-0.2, 0) is 16.1 Å². The van der Waals surface area contributed by atoms with E-state index in [9.17, 15) is 4.79 Å². The summed E-state index contributed by atoms with van der Waals surface area (Å²) in [5.41, 5.74) is 4.41. The molecule has 10 heteroatoms. The van der Waals surface area contributed by atoms with Gasteiger partial charge in [-0.15, -0.1) is 0 Å². The van der Waals surface area contributed by atoms with Crippen molar-refractivity contribution in [2.24, 2.45) is 0 Å². The number of anilines is 2. The lowest BCUT2D eigenvalue weighted by molar-refractivity contribution is -0.0215. The average molecular weight is 604 g/mol. The van der Waals surface area contributed by atoms with Crippen LogP contribution in [0.4, 0.5) is 20.7 Å². The van der Waals surface area contributed by atoms with Crippen molar-refractivity contribution in [1.82, 2.24) is 14.9 Å². The number of hydrogen-bond acceptors (Lipinski definition) is 8. The number of aryl methyl sites for hydroxylation is 1. The van der Waals surface area contributed by atoms with Crippen LogP contribution < -0.4 is 10.1 Å². The van der Waals surface area contributed by atoms with Gasteiger partial charge in [0.2, 0.25) is 0 Å².